The van der Waals surface area contributed by atoms with Crippen molar-refractivity contribution in [3.63, 3.8) is 0 Å². The van der Waals surface area contributed by atoms with Crippen LogP contribution in [0.3, 0.4) is 0 Å². The molecule has 208 valence electrons. The molecule has 0 aromatic rings. The molecule has 0 saturated carbocycles. The fourth-order valence-electron chi connectivity index (χ4n) is 3.13. The van der Waals surface area contributed by atoms with Crippen molar-refractivity contribution in [3.8, 4) is 0 Å². The summed E-state index contributed by atoms with van der Waals surface area (Å²) in [6.45, 7) is 9.86. The minimum Gasteiger partial charge on any atom is -0.462 e. The van der Waals surface area contributed by atoms with Gasteiger partial charge in [-0.1, -0.05) is 6.58 Å². The van der Waals surface area contributed by atoms with Gasteiger partial charge >= 0.3 is 41.8 Å². The Balaban J connectivity index is 7.08. The second kappa shape index (κ2) is 15.9. The molecule has 0 bridgehead atoms. The summed E-state index contributed by atoms with van der Waals surface area (Å²) in [7, 11) is 0. The minimum absolute atomic E-state index is 0.676. The first-order chi connectivity index (χ1) is 17.1. The van der Waals surface area contributed by atoms with Crippen LogP contribution in [-0.4, -0.2) is 85.0 Å². The van der Waals surface area contributed by atoms with Crippen LogP contribution < -0.4 is 0 Å². The molecule has 0 aliphatic carbocycles. The average Bonchev–Trinajstić information content (AvgIpc) is 2.73. The summed E-state index contributed by atoms with van der Waals surface area (Å²) in [4.78, 5) is 83.0. The molecule has 0 fully saturated rings. The van der Waals surface area contributed by atoms with Crippen molar-refractivity contribution in [1.29, 1.82) is 0 Å². The Morgan fingerprint density at radius 1 is 0.514 bits per heavy atom. The molecular weight excluding hydrogens is 500 g/mol. The Kier molecular flexibility index (Phi) is 14.2. The van der Waals surface area contributed by atoms with E-state index in [1.165, 1.54) is 0 Å². The van der Waals surface area contributed by atoms with Gasteiger partial charge in [0.25, 0.3) is 0 Å². The van der Waals surface area contributed by atoms with Gasteiger partial charge in [-0.15, -0.1) is 0 Å². The molecule has 0 saturated heterocycles. The predicted octanol–water partition coefficient (Wildman–Crippen LogP) is 0.326. The zero-order chi connectivity index (χ0) is 28.9. The lowest BCUT2D eigenvalue weighted by molar-refractivity contribution is -0.219. The van der Waals surface area contributed by atoms with Crippen LogP contribution in [0.4, 0.5) is 0 Å². The van der Waals surface area contributed by atoms with Gasteiger partial charge in [-0.25, -0.2) is 0 Å². The molecule has 6 atom stereocenters. The standard InChI is InChI=1S/C23H32O14/c1-9-18(32-12(3)25)20(34-14(5)27)22(36-16(7)29)23(37-17(8)30)21(35-15(6)28)19(33-13(4)26)10-31-11(2)24/h9,18-23H,1,10H2,2-8H3/t18-,19-,20-,21+,22+,23+/m1/s1. The zero-order valence-electron chi connectivity index (χ0n) is 21.7. The summed E-state index contributed by atoms with van der Waals surface area (Å²) in [5.41, 5.74) is 0. The first-order valence-corrected chi connectivity index (χ1v) is 10.9. The van der Waals surface area contributed by atoms with Crippen LogP contribution in [0.5, 0.6) is 0 Å². The molecule has 14 nitrogen and oxygen atoms in total. The van der Waals surface area contributed by atoms with Gasteiger partial charge in [-0.3, -0.25) is 33.6 Å². The number of carbonyl (C=O) groups excluding carboxylic acids is 7. The molecule has 0 radical (unpaired) electrons. The highest BCUT2D eigenvalue weighted by Gasteiger charge is 2.50. The van der Waals surface area contributed by atoms with E-state index < -0.39 is 85.0 Å². The minimum atomic E-state index is -1.85. The largest absolute Gasteiger partial charge is 0.462 e. The molecule has 0 aliphatic rings. The summed E-state index contributed by atoms with van der Waals surface area (Å²) in [5.74, 6) is -6.39. The fourth-order valence-corrected chi connectivity index (χ4v) is 3.13. The third-order valence-electron chi connectivity index (χ3n) is 4.17. The summed E-state index contributed by atoms with van der Waals surface area (Å²) in [6, 6.07) is 0. The van der Waals surface area contributed by atoms with Gasteiger partial charge in [0.15, 0.2) is 36.6 Å². The highest BCUT2D eigenvalue weighted by molar-refractivity contribution is 5.70. The number of rotatable bonds is 14. The Morgan fingerprint density at radius 2 is 0.865 bits per heavy atom. The summed E-state index contributed by atoms with van der Waals surface area (Å²) < 4.78 is 36.3. The van der Waals surface area contributed by atoms with Gasteiger partial charge in [-0.2, -0.15) is 0 Å². The van der Waals surface area contributed by atoms with Crippen molar-refractivity contribution in [2.24, 2.45) is 0 Å². The molecule has 37 heavy (non-hydrogen) atoms. The van der Waals surface area contributed by atoms with Gasteiger partial charge < -0.3 is 33.2 Å². The Hall–Kier alpha value is -3.97. The highest BCUT2D eigenvalue weighted by Crippen LogP contribution is 2.26. The lowest BCUT2D eigenvalue weighted by Crippen LogP contribution is -2.59. The first-order valence-electron chi connectivity index (χ1n) is 10.9. The molecular formula is C23H32O14. The van der Waals surface area contributed by atoms with E-state index in [1.54, 1.807) is 0 Å². The molecule has 0 spiro atoms. The zero-order valence-corrected chi connectivity index (χ0v) is 21.7. The molecule has 0 aliphatic heterocycles. The normalized spacial score (nSPS) is 15.2. The monoisotopic (exact) mass is 532 g/mol. The van der Waals surface area contributed by atoms with Crippen molar-refractivity contribution in [2.45, 2.75) is 85.1 Å². The smallest absolute Gasteiger partial charge is 0.303 e. The first kappa shape index (κ1) is 33.0. The van der Waals surface area contributed by atoms with Crippen molar-refractivity contribution in [2.75, 3.05) is 6.61 Å². The average molecular weight is 532 g/mol. The lowest BCUT2D eigenvalue weighted by Gasteiger charge is -2.39. The Labute approximate surface area is 213 Å². The van der Waals surface area contributed by atoms with Crippen molar-refractivity contribution < 1.29 is 66.7 Å². The molecule has 0 heterocycles. The van der Waals surface area contributed by atoms with E-state index >= 15 is 0 Å². The topological polar surface area (TPSA) is 184 Å². The maximum atomic E-state index is 12.1. The number of esters is 7. The molecule has 0 amide bonds. The number of ether oxygens (including phenoxy) is 7. The van der Waals surface area contributed by atoms with Crippen molar-refractivity contribution in [1.82, 2.24) is 0 Å². The molecule has 0 aromatic heterocycles. The van der Waals surface area contributed by atoms with Crippen LogP contribution in [0.2, 0.25) is 0 Å². The highest BCUT2D eigenvalue weighted by atomic mass is 16.7. The van der Waals surface area contributed by atoms with E-state index in [9.17, 15) is 33.6 Å². The number of hydrogen-bond donors (Lipinski definition) is 0. The van der Waals surface area contributed by atoms with E-state index in [1.807, 2.05) is 0 Å². The van der Waals surface area contributed by atoms with Crippen LogP contribution in [-0.2, 0) is 66.7 Å². The van der Waals surface area contributed by atoms with Crippen LogP contribution in [0.25, 0.3) is 0 Å². The van der Waals surface area contributed by atoms with Crippen molar-refractivity contribution in [3.05, 3.63) is 12.7 Å². The van der Waals surface area contributed by atoms with Crippen molar-refractivity contribution >= 4 is 41.8 Å². The van der Waals surface area contributed by atoms with E-state index in [0.717, 1.165) is 54.5 Å². The molecule has 0 aromatic carbocycles. The maximum absolute atomic E-state index is 12.1. The second-order valence-corrected chi connectivity index (χ2v) is 7.56. The molecule has 0 unspecified atom stereocenters. The maximum Gasteiger partial charge on any atom is 0.303 e. The van der Waals surface area contributed by atoms with Crippen LogP contribution in [0, 0.1) is 0 Å². The van der Waals surface area contributed by atoms with Gasteiger partial charge in [0.05, 0.1) is 0 Å². The summed E-state index contributed by atoms with van der Waals surface area (Å²) in [6.07, 6.45) is -9.16. The van der Waals surface area contributed by atoms with Gasteiger partial charge in [0.1, 0.15) is 6.61 Å². The summed E-state index contributed by atoms with van der Waals surface area (Å²) in [5, 5.41) is 0. The fraction of sp³-hybridized carbons (Fsp3) is 0.609. The van der Waals surface area contributed by atoms with Crippen LogP contribution in [0.1, 0.15) is 48.5 Å². The predicted molar refractivity (Wildman–Crippen MR) is 120 cm³/mol. The lowest BCUT2D eigenvalue weighted by atomic mass is 9.95. The van der Waals surface area contributed by atoms with Gasteiger partial charge in [0, 0.05) is 48.5 Å². The van der Waals surface area contributed by atoms with Crippen LogP contribution >= 0.6 is 0 Å². The molecule has 0 rings (SSSR count). The van der Waals surface area contributed by atoms with Gasteiger partial charge in [0.2, 0.25) is 0 Å². The number of carbonyl (C=O) groups is 7. The summed E-state index contributed by atoms with van der Waals surface area (Å²) >= 11 is 0. The second-order valence-electron chi connectivity index (χ2n) is 7.56. The number of hydrogen-bond acceptors (Lipinski definition) is 14. The van der Waals surface area contributed by atoms with E-state index in [0.29, 0.717) is 0 Å². The van der Waals surface area contributed by atoms with E-state index in [-0.39, 0.29) is 0 Å². The Morgan fingerprint density at radius 3 is 1.22 bits per heavy atom. The van der Waals surface area contributed by atoms with E-state index in [2.05, 4.69) is 6.58 Å². The SMILES string of the molecule is C=C[C@@H](OC(C)=O)[C@@H](OC(C)=O)[C@H](OC(C)=O)[C@@H](OC(C)=O)[C@@H](OC(C)=O)[C@@H](COC(C)=O)OC(C)=O. The van der Waals surface area contributed by atoms with Crippen LogP contribution in [0.15, 0.2) is 12.7 Å². The molecule has 14 heteroatoms. The third-order valence-corrected chi connectivity index (χ3v) is 4.17. The van der Waals surface area contributed by atoms with E-state index in [4.69, 9.17) is 33.2 Å². The third kappa shape index (κ3) is 13.1. The molecule has 0 N–H and O–H groups in total. The van der Waals surface area contributed by atoms with Gasteiger partial charge in [-0.05, 0) is 6.08 Å². The Bertz CT molecular complexity index is 879. The quantitative estimate of drug-likeness (QED) is 0.169.